The zero-order chi connectivity index (χ0) is 14.1. The van der Waals surface area contributed by atoms with E-state index in [0.29, 0.717) is 22.6 Å². The van der Waals surface area contributed by atoms with Crippen molar-refractivity contribution in [3.63, 3.8) is 0 Å². The zero-order valence-corrected chi connectivity index (χ0v) is 11.2. The van der Waals surface area contributed by atoms with Crippen LogP contribution in [0.2, 0.25) is 0 Å². The molecule has 1 aliphatic heterocycles. The highest BCUT2D eigenvalue weighted by Crippen LogP contribution is 2.27. The van der Waals surface area contributed by atoms with E-state index in [1.807, 2.05) is 0 Å². The summed E-state index contributed by atoms with van der Waals surface area (Å²) in [4.78, 5) is 14.3. The van der Waals surface area contributed by atoms with E-state index < -0.39 is 0 Å². The molecule has 0 bridgehead atoms. The Balaban J connectivity index is 2.03. The van der Waals surface area contributed by atoms with Crippen molar-refractivity contribution in [3.8, 4) is 11.3 Å². The van der Waals surface area contributed by atoms with Crippen molar-refractivity contribution in [2.75, 3.05) is 13.1 Å². The van der Waals surface area contributed by atoms with Crippen LogP contribution in [0.1, 0.15) is 29.0 Å². The lowest BCUT2D eigenvalue weighted by Gasteiger charge is -2.15. The van der Waals surface area contributed by atoms with Gasteiger partial charge in [0.2, 0.25) is 0 Å². The number of halogens is 1. The van der Waals surface area contributed by atoms with Gasteiger partial charge in [-0.15, -0.1) is 0 Å². The van der Waals surface area contributed by atoms with Gasteiger partial charge in [0, 0.05) is 18.7 Å². The molecular weight excluding hydrogens is 259 g/mol. The van der Waals surface area contributed by atoms with Gasteiger partial charge >= 0.3 is 0 Å². The van der Waals surface area contributed by atoms with Crippen molar-refractivity contribution in [1.29, 1.82) is 0 Å². The molecule has 1 fully saturated rings. The molecule has 0 saturated carbocycles. The van der Waals surface area contributed by atoms with E-state index in [-0.39, 0.29) is 11.7 Å². The van der Waals surface area contributed by atoms with E-state index in [1.165, 1.54) is 12.1 Å². The van der Waals surface area contributed by atoms with Crippen molar-refractivity contribution >= 4 is 5.91 Å². The third-order valence-electron chi connectivity index (χ3n) is 3.57. The molecule has 20 heavy (non-hydrogen) atoms. The summed E-state index contributed by atoms with van der Waals surface area (Å²) in [7, 11) is 0. The number of carbonyl (C=O) groups excluding carboxylic acids is 1. The fraction of sp³-hybridized carbons (Fsp3) is 0.333. The first kappa shape index (κ1) is 12.8. The molecule has 0 unspecified atom stereocenters. The Morgan fingerprint density at radius 1 is 1.35 bits per heavy atom. The van der Waals surface area contributed by atoms with Gasteiger partial charge in [-0.2, -0.15) is 0 Å². The molecule has 0 radical (unpaired) electrons. The summed E-state index contributed by atoms with van der Waals surface area (Å²) in [6.45, 7) is 3.22. The zero-order valence-electron chi connectivity index (χ0n) is 11.2. The van der Waals surface area contributed by atoms with E-state index in [0.717, 1.165) is 25.9 Å². The Labute approximate surface area is 116 Å². The number of rotatable bonds is 2. The maximum absolute atomic E-state index is 13.3. The molecule has 3 rings (SSSR count). The minimum Gasteiger partial charge on any atom is -0.360 e. The normalized spacial score (nSPS) is 14.8. The molecule has 0 N–H and O–H groups in total. The molecule has 1 amide bonds. The third-order valence-corrected chi connectivity index (χ3v) is 3.57. The lowest BCUT2D eigenvalue weighted by atomic mass is 10.1. The van der Waals surface area contributed by atoms with Crippen LogP contribution in [-0.4, -0.2) is 29.1 Å². The van der Waals surface area contributed by atoms with Crippen LogP contribution in [0.3, 0.4) is 0 Å². The molecule has 1 aliphatic rings. The molecule has 1 aromatic carbocycles. The summed E-state index contributed by atoms with van der Waals surface area (Å²) in [5.74, 6) is 0.0318. The summed E-state index contributed by atoms with van der Waals surface area (Å²) in [6, 6.07) is 6.04. The van der Waals surface area contributed by atoms with Crippen LogP contribution in [-0.2, 0) is 0 Å². The molecular formula is C15H15FN2O2. The molecule has 1 saturated heterocycles. The number of aryl methyl sites for hydroxylation is 1. The van der Waals surface area contributed by atoms with Gasteiger partial charge < -0.3 is 9.42 Å². The summed E-state index contributed by atoms with van der Waals surface area (Å²) in [6.07, 6.45) is 2.04. The number of hydrogen-bond donors (Lipinski definition) is 0. The summed E-state index contributed by atoms with van der Waals surface area (Å²) >= 11 is 0. The molecule has 5 heteroatoms. The number of nitrogens with zero attached hydrogens (tertiary/aromatic N) is 2. The molecule has 0 atom stereocenters. The summed E-state index contributed by atoms with van der Waals surface area (Å²) in [5.41, 5.74) is 1.42. The van der Waals surface area contributed by atoms with Crippen molar-refractivity contribution in [2.45, 2.75) is 19.8 Å². The first-order chi connectivity index (χ1) is 9.66. The van der Waals surface area contributed by atoms with Crippen molar-refractivity contribution in [1.82, 2.24) is 10.1 Å². The predicted octanol–water partition coefficient (Wildman–Crippen LogP) is 3.03. The topological polar surface area (TPSA) is 46.3 Å². The standard InChI is InChI=1S/C15H15FN2O2/c1-10-13(15(19)18-7-2-3-8-18)14(17-20-10)11-5-4-6-12(16)9-11/h4-6,9H,2-3,7-8H2,1H3. The highest BCUT2D eigenvalue weighted by Gasteiger charge is 2.27. The Morgan fingerprint density at radius 3 is 2.80 bits per heavy atom. The predicted molar refractivity (Wildman–Crippen MR) is 71.8 cm³/mol. The van der Waals surface area contributed by atoms with E-state index in [4.69, 9.17) is 4.52 Å². The SMILES string of the molecule is Cc1onc(-c2cccc(F)c2)c1C(=O)N1CCCC1. The Morgan fingerprint density at radius 2 is 2.10 bits per heavy atom. The monoisotopic (exact) mass is 274 g/mol. The van der Waals surface area contributed by atoms with E-state index in [9.17, 15) is 9.18 Å². The maximum atomic E-state index is 13.3. The second kappa shape index (κ2) is 5.07. The fourth-order valence-electron chi connectivity index (χ4n) is 2.54. The van der Waals surface area contributed by atoms with Gasteiger partial charge in [-0.05, 0) is 31.9 Å². The van der Waals surface area contributed by atoms with Crippen LogP contribution < -0.4 is 0 Å². The number of likely N-dealkylation sites (tertiary alicyclic amines) is 1. The minimum atomic E-state index is -0.359. The molecule has 2 aromatic rings. The van der Waals surface area contributed by atoms with Crippen molar-refractivity contribution in [2.24, 2.45) is 0 Å². The molecule has 1 aromatic heterocycles. The first-order valence-corrected chi connectivity index (χ1v) is 6.68. The van der Waals surface area contributed by atoms with Gasteiger partial charge in [0.25, 0.3) is 5.91 Å². The molecule has 0 aliphatic carbocycles. The molecule has 2 heterocycles. The van der Waals surface area contributed by atoms with Crippen LogP contribution in [0.5, 0.6) is 0 Å². The van der Waals surface area contributed by atoms with Crippen molar-refractivity contribution < 1.29 is 13.7 Å². The molecule has 104 valence electrons. The average molecular weight is 274 g/mol. The van der Waals surface area contributed by atoms with Gasteiger partial charge in [-0.25, -0.2) is 4.39 Å². The van der Waals surface area contributed by atoms with Crippen LogP contribution in [0.15, 0.2) is 28.8 Å². The van der Waals surface area contributed by atoms with Crippen LogP contribution in [0.4, 0.5) is 4.39 Å². The highest BCUT2D eigenvalue weighted by molar-refractivity contribution is 6.00. The second-order valence-electron chi connectivity index (χ2n) is 4.97. The molecule has 4 nitrogen and oxygen atoms in total. The van der Waals surface area contributed by atoms with Gasteiger partial charge in [0.15, 0.2) is 0 Å². The van der Waals surface area contributed by atoms with E-state index >= 15 is 0 Å². The van der Waals surface area contributed by atoms with Crippen molar-refractivity contribution in [3.05, 3.63) is 41.4 Å². The number of amides is 1. The number of carbonyl (C=O) groups is 1. The minimum absolute atomic E-state index is 0.0829. The summed E-state index contributed by atoms with van der Waals surface area (Å²) in [5, 5.41) is 3.93. The Hall–Kier alpha value is -2.17. The van der Waals surface area contributed by atoms with Crippen LogP contribution in [0, 0.1) is 12.7 Å². The van der Waals surface area contributed by atoms with Crippen LogP contribution >= 0.6 is 0 Å². The number of hydrogen-bond acceptors (Lipinski definition) is 3. The lowest BCUT2D eigenvalue weighted by Crippen LogP contribution is -2.28. The van der Waals surface area contributed by atoms with Gasteiger partial charge in [0.1, 0.15) is 22.8 Å². The summed E-state index contributed by atoms with van der Waals surface area (Å²) < 4.78 is 18.5. The largest absolute Gasteiger partial charge is 0.360 e. The maximum Gasteiger partial charge on any atom is 0.259 e. The van der Waals surface area contributed by atoms with E-state index in [2.05, 4.69) is 5.16 Å². The van der Waals surface area contributed by atoms with Gasteiger partial charge in [-0.3, -0.25) is 4.79 Å². The van der Waals surface area contributed by atoms with Gasteiger partial charge in [-0.1, -0.05) is 17.3 Å². The third kappa shape index (κ3) is 2.19. The smallest absolute Gasteiger partial charge is 0.259 e. The van der Waals surface area contributed by atoms with Gasteiger partial charge in [0.05, 0.1) is 0 Å². The van der Waals surface area contributed by atoms with E-state index in [1.54, 1.807) is 24.0 Å². The Kier molecular flexibility index (Phi) is 3.26. The lowest BCUT2D eigenvalue weighted by molar-refractivity contribution is 0.0791. The average Bonchev–Trinajstić information content (AvgIpc) is 3.07. The second-order valence-corrected chi connectivity index (χ2v) is 4.97. The fourth-order valence-corrected chi connectivity index (χ4v) is 2.54. The highest BCUT2D eigenvalue weighted by atomic mass is 19.1. The first-order valence-electron chi connectivity index (χ1n) is 6.68. The molecule has 0 spiro atoms. The quantitative estimate of drug-likeness (QED) is 0.845. The number of aromatic nitrogens is 1. The van der Waals surface area contributed by atoms with Crippen LogP contribution in [0.25, 0.3) is 11.3 Å². The number of benzene rings is 1. The Bertz CT molecular complexity index is 645.